The van der Waals surface area contributed by atoms with Crippen LogP contribution < -0.4 is 0 Å². The van der Waals surface area contributed by atoms with E-state index in [9.17, 15) is 14.4 Å². The monoisotopic (exact) mass is 1150 g/mol. The van der Waals surface area contributed by atoms with Gasteiger partial charge in [0.25, 0.3) is 0 Å². The largest absolute Gasteiger partial charge is 0.462 e. The van der Waals surface area contributed by atoms with Gasteiger partial charge >= 0.3 is 17.9 Å². The molecule has 0 aliphatic carbocycles. The molecule has 0 bridgehead atoms. The summed E-state index contributed by atoms with van der Waals surface area (Å²) in [7, 11) is 0. The molecule has 1 atom stereocenters. The second kappa shape index (κ2) is 70.3. The van der Waals surface area contributed by atoms with Crippen molar-refractivity contribution in [2.45, 2.75) is 380 Å². The van der Waals surface area contributed by atoms with Crippen molar-refractivity contribution in [1.29, 1.82) is 0 Å². The summed E-state index contributed by atoms with van der Waals surface area (Å²) in [5.41, 5.74) is 0. The van der Waals surface area contributed by atoms with E-state index < -0.39 is 6.10 Å². The number of carbonyl (C=O) groups excluding carboxylic acids is 3. The highest BCUT2D eigenvalue weighted by atomic mass is 16.6. The van der Waals surface area contributed by atoms with Crippen molar-refractivity contribution in [1.82, 2.24) is 0 Å². The summed E-state index contributed by atoms with van der Waals surface area (Å²) in [6, 6.07) is 0. The number of hydrogen-bond acceptors (Lipinski definition) is 6. The minimum atomic E-state index is -0.788. The molecule has 0 spiro atoms. The first-order valence-electron chi connectivity index (χ1n) is 35.9. The fourth-order valence-corrected chi connectivity index (χ4v) is 10.6. The predicted molar refractivity (Wildman–Crippen MR) is 358 cm³/mol. The summed E-state index contributed by atoms with van der Waals surface area (Å²) >= 11 is 0. The maximum atomic E-state index is 12.9. The quantitative estimate of drug-likeness (QED) is 0.0261. The van der Waals surface area contributed by atoms with Gasteiger partial charge < -0.3 is 14.2 Å². The summed E-state index contributed by atoms with van der Waals surface area (Å²) in [4.78, 5) is 38.4. The molecule has 0 aromatic carbocycles. The Labute approximate surface area is 510 Å². The van der Waals surface area contributed by atoms with Crippen LogP contribution in [0, 0.1) is 0 Å². The van der Waals surface area contributed by atoms with Crippen LogP contribution in [0.2, 0.25) is 0 Å². The zero-order valence-electron chi connectivity index (χ0n) is 54.8. The van der Waals surface area contributed by atoms with Crippen molar-refractivity contribution in [2.24, 2.45) is 0 Å². The number of allylic oxidation sites excluding steroid dienone is 12. The van der Waals surface area contributed by atoms with Gasteiger partial charge in [-0.15, -0.1) is 0 Å². The van der Waals surface area contributed by atoms with Gasteiger partial charge in [0.1, 0.15) is 13.2 Å². The molecule has 0 aromatic rings. The molecule has 6 heteroatoms. The normalized spacial score (nSPS) is 12.5. The van der Waals surface area contributed by atoms with Crippen LogP contribution in [0.4, 0.5) is 0 Å². The highest BCUT2D eigenvalue weighted by Gasteiger charge is 2.19. The first-order valence-corrected chi connectivity index (χ1v) is 35.9. The van der Waals surface area contributed by atoms with Crippen LogP contribution >= 0.6 is 0 Å². The molecule has 0 N–H and O–H groups in total. The third kappa shape index (κ3) is 67.6. The van der Waals surface area contributed by atoms with Gasteiger partial charge in [0, 0.05) is 19.3 Å². The second-order valence-electron chi connectivity index (χ2n) is 24.1. The molecule has 82 heavy (non-hydrogen) atoms. The highest BCUT2D eigenvalue weighted by Crippen LogP contribution is 2.18. The maximum absolute atomic E-state index is 12.9. The Morgan fingerprint density at radius 3 is 0.744 bits per heavy atom. The maximum Gasteiger partial charge on any atom is 0.306 e. The lowest BCUT2D eigenvalue weighted by Gasteiger charge is -2.18. The molecule has 1 unspecified atom stereocenters. The van der Waals surface area contributed by atoms with Crippen molar-refractivity contribution in [3.8, 4) is 0 Å². The Kier molecular flexibility index (Phi) is 67.6. The fourth-order valence-electron chi connectivity index (χ4n) is 10.6. The number of rotatable bonds is 66. The smallest absolute Gasteiger partial charge is 0.306 e. The summed E-state index contributed by atoms with van der Waals surface area (Å²) in [5.74, 6) is -0.883. The van der Waals surface area contributed by atoms with Crippen molar-refractivity contribution in [3.63, 3.8) is 0 Å². The van der Waals surface area contributed by atoms with Crippen LogP contribution in [0.25, 0.3) is 0 Å². The van der Waals surface area contributed by atoms with Crippen molar-refractivity contribution < 1.29 is 28.6 Å². The Morgan fingerprint density at radius 2 is 0.476 bits per heavy atom. The van der Waals surface area contributed by atoms with E-state index in [0.29, 0.717) is 19.3 Å². The van der Waals surface area contributed by atoms with Gasteiger partial charge in [-0.3, -0.25) is 14.4 Å². The lowest BCUT2D eigenvalue weighted by atomic mass is 10.0. The molecule has 0 rings (SSSR count). The van der Waals surface area contributed by atoms with Gasteiger partial charge in [-0.2, -0.15) is 0 Å². The lowest BCUT2D eigenvalue weighted by Crippen LogP contribution is -2.30. The molecule has 0 fully saturated rings. The molecule has 0 saturated carbocycles. The zero-order valence-corrected chi connectivity index (χ0v) is 54.8. The molecular weight excluding hydrogens is 1010 g/mol. The predicted octanol–water partition coefficient (Wildman–Crippen LogP) is 24.8. The topological polar surface area (TPSA) is 78.9 Å². The lowest BCUT2D eigenvalue weighted by molar-refractivity contribution is -0.167. The Morgan fingerprint density at radius 1 is 0.256 bits per heavy atom. The third-order valence-corrected chi connectivity index (χ3v) is 16.0. The molecule has 0 heterocycles. The molecule has 476 valence electrons. The summed E-state index contributed by atoms with van der Waals surface area (Å²) in [6.07, 6.45) is 92.2. The molecule has 0 amide bonds. The Bertz CT molecular complexity index is 1500. The van der Waals surface area contributed by atoms with Gasteiger partial charge in [-0.1, -0.05) is 357 Å². The Hall–Kier alpha value is -3.15. The van der Waals surface area contributed by atoms with E-state index in [-0.39, 0.29) is 31.1 Å². The van der Waals surface area contributed by atoms with Crippen LogP contribution in [0.3, 0.4) is 0 Å². The number of carbonyl (C=O) groups is 3. The molecule has 0 aliphatic heterocycles. The number of unbranched alkanes of at least 4 members (excludes halogenated alkanes) is 43. The van der Waals surface area contributed by atoms with Crippen LogP contribution in [0.5, 0.6) is 0 Å². The van der Waals surface area contributed by atoms with Gasteiger partial charge in [-0.05, 0) is 70.6 Å². The Balaban J connectivity index is 4.30. The molecular formula is C76H136O6. The van der Waals surface area contributed by atoms with E-state index in [0.717, 1.165) is 109 Å². The summed E-state index contributed by atoms with van der Waals surface area (Å²) in [5, 5.41) is 0. The molecule has 6 nitrogen and oxygen atoms in total. The average molecular weight is 1150 g/mol. The average Bonchev–Trinajstić information content (AvgIpc) is 3.47. The van der Waals surface area contributed by atoms with Crippen molar-refractivity contribution >= 4 is 17.9 Å². The van der Waals surface area contributed by atoms with Crippen LogP contribution in [0.1, 0.15) is 374 Å². The first-order chi connectivity index (χ1) is 40.5. The SMILES string of the molecule is CC/C=C\C/C=C\C/C=C\C/C=C\C/C=C\C/C=C\CCCCCCC(=O)OC(COC(=O)CCCCCCCCCCCCCCCC)COC(=O)CCCCCCCCCCCCCCCCCCCCCCCCCCCCC. The third-order valence-electron chi connectivity index (χ3n) is 16.0. The number of hydrogen-bond donors (Lipinski definition) is 0. The van der Waals surface area contributed by atoms with Gasteiger partial charge in [0.05, 0.1) is 0 Å². The summed E-state index contributed by atoms with van der Waals surface area (Å²) in [6.45, 7) is 6.57. The molecule has 0 radical (unpaired) electrons. The molecule has 0 aliphatic rings. The van der Waals surface area contributed by atoms with Crippen molar-refractivity contribution in [2.75, 3.05) is 13.2 Å². The van der Waals surface area contributed by atoms with Crippen LogP contribution in [0.15, 0.2) is 72.9 Å². The minimum absolute atomic E-state index is 0.0812. The van der Waals surface area contributed by atoms with E-state index in [2.05, 4.69) is 93.7 Å². The van der Waals surface area contributed by atoms with E-state index >= 15 is 0 Å². The summed E-state index contributed by atoms with van der Waals surface area (Å²) < 4.78 is 17.0. The van der Waals surface area contributed by atoms with Crippen LogP contribution in [-0.4, -0.2) is 37.2 Å². The number of esters is 3. The number of ether oxygens (including phenoxy) is 3. The minimum Gasteiger partial charge on any atom is -0.462 e. The second-order valence-corrected chi connectivity index (χ2v) is 24.1. The fraction of sp³-hybridized carbons (Fsp3) is 0.803. The standard InChI is InChI=1S/C76H136O6/c1-4-7-10-13-16-19-22-25-28-30-32-34-36-37-38-39-41-42-44-46-48-51-54-57-60-63-66-69-75(78)81-72-73(71-80-74(77)68-65-62-59-56-53-50-27-24-21-18-15-12-9-6-3)82-76(79)70-67-64-61-58-55-52-49-47-45-43-40-35-33-31-29-26-23-20-17-14-11-8-5-2/h8,11,17,20,26,29,33,35,43,45,49,52,73H,4-7,9-10,12-16,18-19,21-25,27-28,30-32,34,36-42,44,46-48,50-51,53-72H2,1-3H3/b11-8-,20-17-,29-26-,35-33-,45-43-,52-49-. The van der Waals surface area contributed by atoms with Gasteiger partial charge in [-0.25, -0.2) is 0 Å². The first kappa shape index (κ1) is 78.8. The molecule has 0 aromatic heterocycles. The highest BCUT2D eigenvalue weighted by molar-refractivity contribution is 5.71. The van der Waals surface area contributed by atoms with Crippen LogP contribution in [-0.2, 0) is 28.6 Å². The van der Waals surface area contributed by atoms with Gasteiger partial charge in [0.2, 0.25) is 0 Å². The van der Waals surface area contributed by atoms with Gasteiger partial charge in [0.15, 0.2) is 6.10 Å². The van der Waals surface area contributed by atoms with E-state index in [1.165, 1.54) is 225 Å². The van der Waals surface area contributed by atoms with E-state index in [1.54, 1.807) is 0 Å². The molecule has 0 saturated heterocycles. The van der Waals surface area contributed by atoms with E-state index in [4.69, 9.17) is 14.2 Å². The zero-order chi connectivity index (χ0) is 59.2. The van der Waals surface area contributed by atoms with Crippen molar-refractivity contribution in [3.05, 3.63) is 72.9 Å². The van der Waals surface area contributed by atoms with E-state index in [1.807, 2.05) is 0 Å².